The normalized spacial score (nSPS) is 18.3. The minimum atomic E-state index is 0.284. The highest BCUT2D eigenvalue weighted by molar-refractivity contribution is 5.44. The van der Waals surface area contributed by atoms with E-state index in [2.05, 4.69) is 22.8 Å². The molecule has 4 nitrogen and oxygen atoms in total. The Kier molecular flexibility index (Phi) is 6.06. The van der Waals surface area contributed by atoms with Crippen molar-refractivity contribution in [2.24, 2.45) is 11.7 Å². The molecule has 21 heavy (non-hydrogen) atoms. The molecule has 1 saturated heterocycles. The third kappa shape index (κ3) is 4.47. The molecule has 0 saturated carbocycles. The van der Waals surface area contributed by atoms with Crippen LogP contribution in [0.25, 0.3) is 0 Å². The van der Waals surface area contributed by atoms with Crippen LogP contribution >= 0.6 is 0 Å². The minimum Gasteiger partial charge on any atom is -0.496 e. The van der Waals surface area contributed by atoms with E-state index in [-0.39, 0.29) is 6.61 Å². The standard InChI is InChI=1S/C17H24N2O2/c1-21-17-5-4-14(3-2-8-18)11-16(17)13-19-9-6-15(12-19)7-10-20/h4-5,11,15,20H,6-10,12-13,18H2,1H3. The van der Waals surface area contributed by atoms with E-state index in [0.29, 0.717) is 12.5 Å². The molecule has 4 heteroatoms. The van der Waals surface area contributed by atoms with E-state index in [1.54, 1.807) is 7.11 Å². The summed E-state index contributed by atoms with van der Waals surface area (Å²) in [5.41, 5.74) is 7.55. The molecule has 1 aliphatic heterocycles. The highest BCUT2D eigenvalue weighted by Crippen LogP contribution is 2.26. The van der Waals surface area contributed by atoms with Crippen LogP contribution in [-0.2, 0) is 6.54 Å². The topological polar surface area (TPSA) is 58.7 Å². The smallest absolute Gasteiger partial charge is 0.123 e. The van der Waals surface area contributed by atoms with Crippen molar-refractivity contribution in [2.75, 3.05) is 33.4 Å². The van der Waals surface area contributed by atoms with Crippen LogP contribution < -0.4 is 10.5 Å². The van der Waals surface area contributed by atoms with E-state index in [4.69, 9.17) is 15.6 Å². The first-order chi connectivity index (χ1) is 10.3. The van der Waals surface area contributed by atoms with Crippen molar-refractivity contribution in [1.29, 1.82) is 0 Å². The zero-order chi connectivity index (χ0) is 15.1. The number of hydrogen-bond acceptors (Lipinski definition) is 4. The van der Waals surface area contributed by atoms with Gasteiger partial charge in [-0.1, -0.05) is 11.8 Å². The number of methoxy groups -OCH3 is 1. The first-order valence-electron chi connectivity index (χ1n) is 7.46. The van der Waals surface area contributed by atoms with Crippen molar-refractivity contribution >= 4 is 0 Å². The van der Waals surface area contributed by atoms with Crippen LogP contribution in [0.1, 0.15) is 24.0 Å². The first-order valence-corrected chi connectivity index (χ1v) is 7.46. The molecule has 3 N–H and O–H groups in total. The lowest BCUT2D eigenvalue weighted by molar-refractivity contribution is 0.248. The van der Waals surface area contributed by atoms with Gasteiger partial charge < -0.3 is 15.6 Å². The lowest BCUT2D eigenvalue weighted by atomic mass is 10.1. The van der Waals surface area contributed by atoms with Gasteiger partial charge in [0.25, 0.3) is 0 Å². The molecule has 114 valence electrons. The molecular weight excluding hydrogens is 264 g/mol. The second kappa shape index (κ2) is 8.04. The summed E-state index contributed by atoms with van der Waals surface area (Å²) in [6.45, 7) is 3.64. The van der Waals surface area contributed by atoms with Crippen molar-refractivity contribution in [3.63, 3.8) is 0 Å². The Morgan fingerprint density at radius 1 is 1.48 bits per heavy atom. The molecule has 2 rings (SSSR count). The number of nitrogens with zero attached hydrogens (tertiary/aromatic N) is 1. The van der Waals surface area contributed by atoms with Crippen LogP contribution in [0.5, 0.6) is 5.75 Å². The summed E-state index contributed by atoms with van der Waals surface area (Å²) in [6.07, 6.45) is 2.06. The van der Waals surface area contributed by atoms with Crippen molar-refractivity contribution < 1.29 is 9.84 Å². The summed E-state index contributed by atoms with van der Waals surface area (Å²) in [5, 5.41) is 9.04. The Bertz CT molecular complexity index is 519. The molecule has 1 aromatic rings. The van der Waals surface area contributed by atoms with Crippen LogP contribution in [0.2, 0.25) is 0 Å². The van der Waals surface area contributed by atoms with Crippen LogP contribution in [0.3, 0.4) is 0 Å². The average Bonchev–Trinajstić information content (AvgIpc) is 2.93. The summed E-state index contributed by atoms with van der Waals surface area (Å²) in [7, 11) is 1.70. The van der Waals surface area contributed by atoms with E-state index in [9.17, 15) is 0 Å². The van der Waals surface area contributed by atoms with Gasteiger partial charge in [0.2, 0.25) is 0 Å². The minimum absolute atomic E-state index is 0.284. The second-order valence-corrected chi connectivity index (χ2v) is 5.43. The number of benzene rings is 1. The number of aliphatic hydroxyl groups excluding tert-OH is 1. The molecule has 1 atom stereocenters. The fourth-order valence-electron chi connectivity index (χ4n) is 2.85. The summed E-state index contributed by atoms with van der Waals surface area (Å²) < 4.78 is 5.45. The highest BCUT2D eigenvalue weighted by Gasteiger charge is 2.22. The molecule has 1 unspecified atom stereocenters. The second-order valence-electron chi connectivity index (χ2n) is 5.43. The average molecular weight is 288 g/mol. The van der Waals surface area contributed by atoms with Gasteiger partial charge >= 0.3 is 0 Å². The molecule has 1 fully saturated rings. The molecule has 0 amide bonds. The maximum atomic E-state index is 9.04. The molecule has 0 radical (unpaired) electrons. The molecule has 0 bridgehead atoms. The van der Waals surface area contributed by atoms with Gasteiger partial charge in [0, 0.05) is 30.8 Å². The number of rotatable bonds is 5. The Hall–Kier alpha value is -1.54. The highest BCUT2D eigenvalue weighted by atomic mass is 16.5. The van der Waals surface area contributed by atoms with E-state index >= 15 is 0 Å². The van der Waals surface area contributed by atoms with Gasteiger partial charge in [0.05, 0.1) is 13.7 Å². The van der Waals surface area contributed by atoms with E-state index in [1.807, 2.05) is 12.1 Å². The van der Waals surface area contributed by atoms with Crippen LogP contribution in [0.4, 0.5) is 0 Å². The molecular formula is C17H24N2O2. The maximum absolute atomic E-state index is 9.04. The molecule has 0 aromatic heterocycles. The van der Waals surface area contributed by atoms with Crippen LogP contribution in [0.15, 0.2) is 18.2 Å². The largest absolute Gasteiger partial charge is 0.496 e. The van der Waals surface area contributed by atoms with Gasteiger partial charge in [-0.05, 0) is 43.5 Å². The predicted molar refractivity (Wildman–Crippen MR) is 84.0 cm³/mol. The van der Waals surface area contributed by atoms with Gasteiger partial charge in [-0.15, -0.1) is 0 Å². The molecule has 1 aliphatic rings. The van der Waals surface area contributed by atoms with Crippen molar-refractivity contribution in [1.82, 2.24) is 4.90 Å². The Labute approximate surface area is 126 Å². The van der Waals surface area contributed by atoms with Crippen molar-refractivity contribution in [3.05, 3.63) is 29.3 Å². The SMILES string of the molecule is COc1ccc(C#CCN)cc1CN1CCC(CCO)C1. The Morgan fingerprint density at radius 3 is 3.05 bits per heavy atom. The van der Waals surface area contributed by atoms with Gasteiger partial charge in [0.1, 0.15) is 5.75 Å². The van der Waals surface area contributed by atoms with Crippen LogP contribution in [-0.4, -0.2) is 43.4 Å². The number of nitrogens with two attached hydrogens (primary N) is 1. The zero-order valence-corrected chi connectivity index (χ0v) is 12.6. The summed E-state index contributed by atoms with van der Waals surface area (Å²) in [6, 6.07) is 6.02. The quantitative estimate of drug-likeness (QED) is 0.800. The van der Waals surface area contributed by atoms with Crippen molar-refractivity contribution in [3.8, 4) is 17.6 Å². The lowest BCUT2D eigenvalue weighted by Gasteiger charge is -2.18. The fraction of sp³-hybridized carbons (Fsp3) is 0.529. The third-order valence-electron chi connectivity index (χ3n) is 3.92. The van der Waals surface area contributed by atoms with Crippen molar-refractivity contribution in [2.45, 2.75) is 19.4 Å². The van der Waals surface area contributed by atoms with Gasteiger partial charge in [-0.2, -0.15) is 0 Å². The first kappa shape index (κ1) is 15.8. The monoisotopic (exact) mass is 288 g/mol. The maximum Gasteiger partial charge on any atom is 0.123 e. The van der Waals surface area contributed by atoms with Crippen LogP contribution in [0, 0.1) is 17.8 Å². The number of hydrogen-bond donors (Lipinski definition) is 2. The number of likely N-dealkylation sites (tertiary alicyclic amines) is 1. The number of aliphatic hydroxyl groups is 1. The summed E-state index contributed by atoms with van der Waals surface area (Å²) in [5.74, 6) is 7.46. The Balaban J connectivity index is 2.07. The third-order valence-corrected chi connectivity index (χ3v) is 3.92. The zero-order valence-electron chi connectivity index (χ0n) is 12.6. The predicted octanol–water partition coefficient (Wildman–Crippen LogP) is 1.21. The number of ether oxygens (including phenoxy) is 1. The van der Waals surface area contributed by atoms with Gasteiger partial charge in [-0.3, -0.25) is 4.90 Å². The summed E-state index contributed by atoms with van der Waals surface area (Å²) in [4.78, 5) is 2.42. The molecule has 1 heterocycles. The van der Waals surface area contributed by atoms with E-state index in [0.717, 1.165) is 49.4 Å². The van der Waals surface area contributed by atoms with Gasteiger partial charge in [-0.25, -0.2) is 0 Å². The summed E-state index contributed by atoms with van der Waals surface area (Å²) >= 11 is 0. The molecule has 1 aromatic carbocycles. The van der Waals surface area contributed by atoms with Gasteiger partial charge in [0.15, 0.2) is 0 Å². The van der Waals surface area contributed by atoms with E-state index in [1.165, 1.54) is 0 Å². The lowest BCUT2D eigenvalue weighted by Crippen LogP contribution is -2.20. The van der Waals surface area contributed by atoms with E-state index < -0.39 is 0 Å². The fourth-order valence-corrected chi connectivity index (χ4v) is 2.85. The Morgan fingerprint density at radius 2 is 2.33 bits per heavy atom. The molecule has 0 aliphatic carbocycles. The molecule has 0 spiro atoms.